The molecular formula is C26H31Cl2N7OS. The number of nitriles is 1. The highest BCUT2D eigenvalue weighted by atomic mass is 35.5. The van der Waals surface area contributed by atoms with Crippen LogP contribution in [0.1, 0.15) is 47.7 Å². The third-order valence-corrected chi connectivity index (χ3v) is 7.88. The Bertz CT molecular complexity index is 1160. The zero-order chi connectivity index (χ0) is 26.9. The van der Waals surface area contributed by atoms with Crippen LogP contribution in [0.3, 0.4) is 0 Å². The molecule has 0 aromatic carbocycles. The third kappa shape index (κ3) is 7.37. The fourth-order valence-electron chi connectivity index (χ4n) is 4.67. The monoisotopic (exact) mass is 559 g/mol. The van der Waals surface area contributed by atoms with Crippen LogP contribution in [-0.2, 0) is 6.54 Å². The van der Waals surface area contributed by atoms with Crippen molar-refractivity contribution >= 4 is 40.4 Å². The first-order valence-corrected chi connectivity index (χ1v) is 13.8. The summed E-state index contributed by atoms with van der Waals surface area (Å²) in [6.07, 6.45) is 2.62. The maximum absolute atomic E-state index is 12.6. The quantitative estimate of drug-likeness (QED) is 0.240. The molecule has 1 amide bonds. The van der Waals surface area contributed by atoms with Crippen LogP contribution in [-0.4, -0.2) is 59.5 Å². The Kier molecular flexibility index (Phi) is 10.6. The fraction of sp³-hybridized carbons (Fsp3) is 0.462. The van der Waals surface area contributed by atoms with Crippen molar-refractivity contribution < 1.29 is 4.79 Å². The normalized spacial score (nSPS) is 15.8. The first-order valence-electron chi connectivity index (χ1n) is 12.1. The molecule has 1 fully saturated rings. The average molecular weight is 561 g/mol. The average Bonchev–Trinajstić information content (AvgIpc) is 3.39. The summed E-state index contributed by atoms with van der Waals surface area (Å²) in [6.45, 7) is 14.4. The summed E-state index contributed by atoms with van der Waals surface area (Å²) >= 11 is 13.7. The number of hydrogen-bond acceptors (Lipinski definition) is 7. The van der Waals surface area contributed by atoms with Gasteiger partial charge in [-0.1, -0.05) is 23.2 Å². The van der Waals surface area contributed by atoms with Gasteiger partial charge in [0.1, 0.15) is 16.1 Å². The minimum absolute atomic E-state index is 0.0792. The highest BCUT2D eigenvalue weighted by Crippen LogP contribution is 2.26. The van der Waals surface area contributed by atoms with Crippen molar-refractivity contribution in [2.75, 3.05) is 26.7 Å². The maximum Gasteiger partial charge on any atom is 0.300 e. The number of aryl methyl sites for hydroxylation is 1. The van der Waals surface area contributed by atoms with Gasteiger partial charge in [0.25, 0.3) is 11.6 Å². The van der Waals surface area contributed by atoms with Crippen LogP contribution in [0.2, 0.25) is 10.3 Å². The van der Waals surface area contributed by atoms with E-state index in [4.69, 9.17) is 29.8 Å². The molecule has 0 saturated carbocycles. The van der Waals surface area contributed by atoms with E-state index < -0.39 is 0 Å². The van der Waals surface area contributed by atoms with Gasteiger partial charge in [0.2, 0.25) is 0 Å². The molecule has 0 spiro atoms. The van der Waals surface area contributed by atoms with E-state index in [0.29, 0.717) is 30.0 Å². The van der Waals surface area contributed by atoms with Gasteiger partial charge in [0, 0.05) is 45.3 Å². The molecule has 2 N–H and O–H groups in total. The first-order chi connectivity index (χ1) is 17.8. The van der Waals surface area contributed by atoms with Gasteiger partial charge in [-0.25, -0.2) is 15.1 Å². The van der Waals surface area contributed by atoms with E-state index in [1.54, 1.807) is 31.4 Å². The van der Waals surface area contributed by atoms with Gasteiger partial charge in [0.15, 0.2) is 0 Å². The van der Waals surface area contributed by atoms with Crippen molar-refractivity contribution in [1.29, 1.82) is 5.26 Å². The second-order valence-electron chi connectivity index (χ2n) is 9.02. The van der Waals surface area contributed by atoms with Crippen LogP contribution in [0.5, 0.6) is 0 Å². The Morgan fingerprint density at radius 2 is 2.16 bits per heavy atom. The number of hydrogen-bond donors (Lipinski definition) is 2. The van der Waals surface area contributed by atoms with Crippen LogP contribution in [0.4, 0.5) is 0 Å². The van der Waals surface area contributed by atoms with Crippen LogP contribution in [0.25, 0.3) is 4.85 Å². The van der Waals surface area contributed by atoms with Crippen molar-refractivity contribution in [3.8, 4) is 6.07 Å². The molecule has 0 radical (unpaired) electrons. The zero-order valence-corrected chi connectivity index (χ0v) is 23.6. The molecule has 37 heavy (non-hydrogen) atoms. The second kappa shape index (κ2) is 13.6. The molecule has 11 heteroatoms. The van der Waals surface area contributed by atoms with Crippen LogP contribution >= 0.6 is 34.5 Å². The molecule has 8 nitrogen and oxygen atoms in total. The van der Waals surface area contributed by atoms with Crippen molar-refractivity contribution in [2.45, 2.75) is 51.7 Å². The predicted octanol–water partition coefficient (Wildman–Crippen LogP) is 5.06. The highest BCUT2D eigenvalue weighted by Gasteiger charge is 2.29. The zero-order valence-electron chi connectivity index (χ0n) is 21.2. The van der Waals surface area contributed by atoms with Gasteiger partial charge in [-0.2, -0.15) is 11.3 Å². The molecule has 3 rings (SSSR count). The molecule has 1 atom stereocenters. The fourth-order valence-corrected chi connectivity index (χ4v) is 5.95. The van der Waals surface area contributed by atoms with E-state index in [2.05, 4.69) is 48.6 Å². The van der Waals surface area contributed by atoms with E-state index in [1.807, 2.05) is 11.4 Å². The Labute approximate surface area is 232 Å². The number of halogens is 2. The van der Waals surface area contributed by atoms with Crippen molar-refractivity contribution in [1.82, 2.24) is 25.4 Å². The highest BCUT2D eigenvalue weighted by molar-refractivity contribution is 7.07. The minimum Gasteiger partial charge on any atom is -0.383 e. The van der Waals surface area contributed by atoms with E-state index in [1.165, 1.54) is 0 Å². The topological polar surface area (TPSA) is 88.7 Å². The van der Waals surface area contributed by atoms with Gasteiger partial charge in [-0.05, 0) is 67.1 Å². The van der Waals surface area contributed by atoms with E-state index in [-0.39, 0.29) is 34.0 Å². The molecule has 2 aromatic heterocycles. The lowest BCUT2D eigenvalue weighted by atomic mass is 10.00. The number of allylic oxidation sites excluding steroid dienone is 1. The standard InChI is InChI=1S/C26H31Cl2N7OS/c1-17-13-22(27)33-24(28)23(17)26(36)32-9-5-18(2)34-10-6-20(7-11-34)35(15-19-8-12-37-16-19)25(31-4)21(14-29)30-3/h8,12-13,16,18,20,31H,5-7,9-11,15H2,1-2,4H3,(H,32,36)/b25-21+/t18-/m1/s1. The van der Waals surface area contributed by atoms with Crippen LogP contribution in [0.15, 0.2) is 34.4 Å². The van der Waals surface area contributed by atoms with E-state index in [9.17, 15) is 10.1 Å². The number of nitrogens with one attached hydrogen (secondary N) is 2. The summed E-state index contributed by atoms with van der Waals surface area (Å²) in [6, 6.07) is 6.24. The Morgan fingerprint density at radius 1 is 1.43 bits per heavy atom. The summed E-state index contributed by atoms with van der Waals surface area (Å²) in [5, 5.41) is 20.1. The lowest BCUT2D eigenvalue weighted by molar-refractivity contribution is 0.0904. The first kappa shape index (κ1) is 28.7. The molecule has 0 aliphatic carbocycles. The number of carbonyl (C=O) groups excluding carboxylic acids is 1. The molecule has 196 valence electrons. The van der Waals surface area contributed by atoms with Gasteiger partial charge < -0.3 is 20.4 Å². The lowest BCUT2D eigenvalue weighted by Gasteiger charge is -2.42. The summed E-state index contributed by atoms with van der Waals surface area (Å²) in [5.41, 5.74) is 2.29. The van der Waals surface area contributed by atoms with Crippen LogP contribution < -0.4 is 10.6 Å². The number of aromatic nitrogens is 1. The summed E-state index contributed by atoms with van der Waals surface area (Å²) in [4.78, 5) is 24.7. The van der Waals surface area contributed by atoms with E-state index in [0.717, 1.165) is 37.9 Å². The SMILES string of the molecule is [C-]#[N+]/C(C#N)=C(\NC)N(Cc1ccsc1)C1CCN([C@H](C)CCNC(=O)c2c(C)cc(Cl)nc2Cl)CC1. The number of rotatable bonds is 10. The van der Waals surface area contributed by atoms with Crippen molar-refractivity contribution in [2.24, 2.45) is 0 Å². The number of thiophene rings is 1. The lowest BCUT2D eigenvalue weighted by Crippen LogP contribution is -2.49. The number of amides is 1. The Morgan fingerprint density at radius 3 is 2.73 bits per heavy atom. The van der Waals surface area contributed by atoms with Gasteiger partial charge in [-0.3, -0.25) is 4.79 Å². The summed E-state index contributed by atoms with van der Waals surface area (Å²) in [5.74, 6) is 0.338. The number of nitrogens with zero attached hydrogens (tertiary/aromatic N) is 5. The van der Waals surface area contributed by atoms with E-state index >= 15 is 0 Å². The summed E-state index contributed by atoms with van der Waals surface area (Å²) in [7, 11) is 1.76. The predicted molar refractivity (Wildman–Crippen MR) is 148 cm³/mol. The van der Waals surface area contributed by atoms with Gasteiger partial charge in [0.05, 0.1) is 18.2 Å². The molecule has 1 saturated heterocycles. The number of piperidine rings is 1. The Hall–Kier alpha value is -2.82. The number of pyridine rings is 1. The second-order valence-corrected chi connectivity index (χ2v) is 10.5. The third-order valence-electron chi connectivity index (χ3n) is 6.68. The Balaban J connectivity index is 1.58. The number of carbonyl (C=O) groups is 1. The minimum atomic E-state index is -0.249. The molecule has 1 aliphatic rings. The number of likely N-dealkylation sites (tertiary alicyclic amines) is 1. The molecule has 2 aromatic rings. The maximum atomic E-state index is 12.6. The van der Waals surface area contributed by atoms with Crippen molar-refractivity contribution in [3.63, 3.8) is 0 Å². The van der Waals surface area contributed by atoms with Gasteiger partial charge >= 0.3 is 0 Å². The van der Waals surface area contributed by atoms with Gasteiger partial charge in [-0.15, -0.1) is 0 Å². The smallest absolute Gasteiger partial charge is 0.300 e. The van der Waals surface area contributed by atoms with Crippen LogP contribution in [0, 0.1) is 24.8 Å². The van der Waals surface area contributed by atoms with Crippen molar-refractivity contribution in [3.05, 3.63) is 72.8 Å². The molecular weight excluding hydrogens is 529 g/mol. The molecule has 1 aliphatic heterocycles. The molecule has 0 unspecified atom stereocenters. The molecule has 0 bridgehead atoms. The largest absolute Gasteiger partial charge is 0.383 e. The summed E-state index contributed by atoms with van der Waals surface area (Å²) < 4.78 is 0. The molecule has 3 heterocycles.